The summed E-state index contributed by atoms with van der Waals surface area (Å²) in [6.45, 7) is 3.22. The van der Waals surface area contributed by atoms with Gasteiger partial charge in [-0.2, -0.15) is 0 Å². The molecule has 0 saturated carbocycles. The molecule has 0 fully saturated rings. The van der Waals surface area contributed by atoms with Crippen molar-refractivity contribution in [1.29, 1.82) is 0 Å². The second kappa shape index (κ2) is 9.20. The Morgan fingerprint density at radius 2 is 2.29 bits per heavy atom. The van der Waals surface area contributed by atoms with Gasteiger partial charge in [0.05, 0.1) is 7.11 Å². The summed E-state index contributed by atoms with van der Waals surface area (Å²) >= 11 is 0. The predicted octanol–water partition coefficient (Wildman–Crippen LogP) is -2.11. The molecule has 0 aromatic heterocycles. The number of hydrogen-bond acceptors (Lipinski definition) is 1. The zero-order valence-corrected chi connectivity index (χ0v) is 4.62. The summed E-state index contributed by atoms with van der Waals surface area (Å²) in [6.07, 6.45) is 2.27. The van der Waals surface area contributed by atoms with Crippen LogP contribution in [0.25, 0.3) is 0 Å². The minimum atomic E-state index is 0. The molecule has 0 N–H and O–H groups in total. The van der Waals surface area contributed by atoms with Crippen molar-refractivity contribution in [2.75, 3.05) is 7.11 Å². The van der Waals surface area contributed by atoms with Crippen molar-refractivity contribution >= 4 is 0 Å². The van der Waals surface area contributed by atoms with Crippen molar-refractivity contribution in [2.45, 2.75) is 0 Å². The number of methoxy groups -OCH3 is 1. The number of ether oxygens (including phenoxy) is 1. The van der Waals surface area contributed by atoms with Crippen LogP contribution >= 0.6 is 0 Å². The Morgan fingerprint density at radius 3 is 2.43 bits per heavy atom. The molecule has 0 atom stereocenters. The quantitative estimate of drug-likeness (QED) is 0.154. The maximum atomic E-state index is 4.32. The largest absolute Gasteiger partial charge is 1.00 e. The van der Waals surface area contributed by atoms with Gasteiger partial charge in [0, 0.05) is 0 Å². The molecule has 32 valence electrons. The van der Waals surface area contributed by atoms with E-state index in [0.29, 0.717) is 0 Å². The molecule has 0 spiro atoms. The van der Waals surface area contributed by atoms with E-state index in [-0.39, 0.29) is 18.9 Å². The Bertz CT molecular complexity index is 96.6. The Kier molecular flexibility index (Phi) is 12.9. The van der Waals surface area contributed by atoms with Crippen LogP contribution in [0.5, 0.6) is 0 Å². The van der Waals surface area contributed by atoms with Crippen LogP contribution in [0, 0.1) is 6.26 Å². The summed E-state index contributed by atoms with van der Waals surface area (Å²) in [5.74, 6) is 0. The van der Waals surface area contributed by atoms with Crippen molar-refractivity contribution in [3.05, 3.63) is 24.3 Å². The van der Waals surface area contributed by atoms with Crippen LogP contribution in [0.2, 0.25) is 0 Å². The molecule has 2 heteroatoms. The van der Waals surface area contributed by atoms with Gasteiger partial charge in [0.2, 0.25) is 0 Å². The molecule has 0 saturated heterocycles. The molecule has 0 aliphatic heterocycles. The minimum Gasteiger partial charge on any atom is -0.587 e. The summed E-state index contributed by atoms with van der Waals surface area (Å²) in [6, 6.07) is 0. The van der Waals surface area contributed by atoms with Crippen molar-refractivity contribution in [3.8, 4) is 0 Å². The van der Waals surface area contributed by atoms with Crippen molar-refractivity contribution in [2.24, 2.45) is 0 Å². The van der Waals surface area contributed by atoms with Gasteiger partial charge >= 0.3 is 18.9 Å². The SMILES string of the molecule is C=C=C=[C-]OC.[Li+]. The van der Waals surface area contributed by atoms with Crippen molar-refractivity contribution in [3.63, 3.8) is 0 Å². The van der Waals surface area contributed by atoms with E-state index in [0.717, 1.165) is 0 Å². The van der Waals surface area contributed by atoms with Crippen molar-refractivity contribution < 1.29 is 23.6 Å². The average Bonchev–Trinajstić information content (AvgIpc) is 1.61. The zero-order valence-electron chi connectivity index (χ0n) is 4.62. The van der Waals surface area contributed by atoms with Crippen LogP contribution in [-0.2, 0) is 4.74 Å². The maximum absolute atomic E-state index is 4.32. The van der Waals surface area contributed by atoms with Gasteiger partial charge in [0.25, 0.3) is 0 Å². The summed E-state index contributed by atoms with van der Waals surface area (Å²) in [4.78, 5) is 0. The summed E-state index contributed by atoms with van der Waals surface area (Å²) in [7, 11) is 1.49. The normalized spacial score (nSPS) is 4.14. The van der Waals surface area contributed by atoms with Crippen LogP contribution in [0.15, 0.2) is 18.0 Å². The van der Waals surface area contributed by atoms with E-state index >= 15 is 0 Å². The second-order valence-corrected chi connectivity index (χ2v) is 0.608. The molecule has 0 aromatic carbocycles. The van der Waals surface area contributed by atoms with Crippen LogP contribution < -0.4 is 18.9 Å². The molecule has 0 heterocycles. The van der Waals surface area contributed by atoms with Gasteiger partial charge in [-0.25, -0.2) is 0 Å². The third-order valence-electron chi connectivity index (χ3n) is 0.241. The molecular formula is C5H5LiO. The van der Waals surface area contributed by atoms with Crippen molar-refractivity contribution in [1.82, 2.24) is 0 Å². The fourth-order valence-electron chi connectivity index (χ4n) is 0.0871. The zero-order chi connectivity index (χ0) is 4.83. The average molecular weight is 88.0 g/mol. The van der Waals surface area contributed by atoms with Crippen LogP contribution in [0.3, 0.4) is 0 Å². The smallest absolute Gasteiger partial charge is 0.587 e. The predicted molar refractivity (Wildman–Crippen MR) is 22.9 cm³/mol. The molecule has 0 unspecified atom stereocenters. The molecule has 0 aliphatic rings. The van der Waals surface area contributed by atoms with E-state index in [2.05, 4.69) is 29.0 Å². The van der Waals surface area contributed by atoms with Gasteiger partial charge < -0.3 is 10.5 Å². The monoisotopic (exact) mass is 88.1 g/mol. The second-order valence-electron chi connectivity index (χ2n) is 0.608. The third kappa shape index (κ3) is 10.7. The molecule has 0 aliphatic carbocycles. The van der Waals surface area contributed by atoms with Crippen LogP contribution in [0.4, 0.5) is 0 Å². The maximum Gasteiger partial charge on any atom is 1.00 e. The fraction of sp³-hybridized carbons (Fsp3) is 0.200. The molecule has 0 bridgehead atoms. The van der Waals surface area contributed by atoms with E-state index in [1.54, 1.807) is 0 Å². The van der Waals surface area contributed by atoms with Crippen LogP contribution in [-0.4, -0.2) is 7.11 Å². The number of hydrogen-bond donors (Lipinski definition) is 0. The Morgan fingerprint density at radius 1 is 1.71 bits per heavy atom. The Hall–Kier alpha value is -0.303. The molecule has 0 radical (unpaired) electrons. The van der Waals surface area contributed by atoms with Gasteiger partial charge in [0.15, 0.2) is 0 Å². The van der Waals surface area contributed by atoms with Gasteiger partial charge in [-0.15, -0.1) is 6.58 Å². The van der Waals surface area contributed by atoms with E-state index in [4.69, 9.17) is 0 Å². The van der Waals surface area contributed by atoms with E-state index in [1.807, 2.05) is 0 Å². The van der Waals surface area contributed by atoms with Gasteiger partial charge in [-0.1, -0.05) is 0 Å². The molecule has 0 rings (SSSR count). The van der Waals surface area contributed by atoms with Gasteiger partial charge in [-0.3, -0.25) is 5.73 Å². The minimum absolute atomic E-state index is 0. The van der Waals surface area contributed by atoms with E-state index in [1.165, 1.54) is 7.11 Å². The Balaban J connectivity index is 0. The van der Waals surface area contributed by atoms with Crippen LogP contribution in [0.1, 0.15) is 0 Å². The first-order valence-electron chi connectivity index (χ1n) is 1.47. The summed E-state index contributed by atoms with van der Waals surface area (Å²) < 4.78 is 4.32. The first kappa shape index (κ1) is 9.85. The molecule has 7 heavy (non-hydrogen) atoms. The first-order chi connectivity index (χ1) is 2.91. The summed E-state index contributed by atoms with van der Waals surface area (Å²) in [5, 5.41) is 0. The summed E-state index contributed by atoms with van der Waals surface area (Å²) in [5.41, 5.74) is 4.70. The number of rotatable bonds is 1. The molecule has 0 aromatic rings. The molecule has 1 nitrogen and oxygen atoms in total. The first-order valence-corrected chi connectivity index (χ1v) is 1.47. The van der Waals surface area contributed by atoms with E-state index < -0.39 is 0 Å². The van der Waals surface area contributed by atoms with Gasteiger partial charge in [0.1, 0.15) is 0 Å². The molecule has 0 amide bonds. The Labute approximate surface area is 55.5 Å². The van der Waals surface area contributed by atoms with Gasteiger partial charge in [-0.05, 0) is 6.26 Å². The fourth-order valence-corrected chi connectivity index (χ4v) is 0.0871. The van der Waals surface area contributed by atoms with E-state index in [9.17, 15) is 0 Å². The molecular weight excluding hydrogens is 83.0 g/mol. The third-order valence-corrected chi connectivity index (χ3v) is 0.241. The standard InChI is InChI=1S/C5H5O.Li/c1-3-4-5-6-2;/h1H2,2H3;/q-1;+1. The topological polar surface area (TPSA) is 9.23 Å².